The van der Waals surface area contributed by atoms with Gasteiger partial charge in [0, 0.05) is 22.6 Å². The summed E-state index contributed by atoms with van der Waals surface area (Å²) < 4.78 is 0. The number of hydrogen-bond acceptors (Lipinski definition) is 4. The molecule has 5 N–H and O–H groups in total. The lowest BCUT2D eigenvalue weighted by molar-refractivity contribution is -0.129. The molecule has 2 unspecified atom stereocenters. The average Bonchev–Trinajstić information content (AvgIpc) is 3.32. The molecule has 1 aromatic heterocycles. The molecule has 1 aliphatic heterocycles. The summed E-state index contributed by atoms with van der Waals surface area (Å²) in [4.78, 5) is 28.0. The highest BCUT2D eigenvalue weighted by atomic mass is 16.2. The third-order valence-corrected chi connectivity index (χ3v) is 5.11. The molecule has 0 saturated carbocycles. The quantitative estimate of drug-likeness (QED) is 0.448. The number of nitrogens with one attached hydrogen (secondary N) is 5. The summed E-state index contributed by atoms with van der Waals surface area (Å²) >= 11 is 0. The third kappa shape index (κ3) is 3.76. The van der Waals surface area contributed by atoms with E-state index in [1.165, 1.54) is 0 Å². The van der Waals surface area contributed by atoms with Crippen molar-refractivity contribution < 1.29 is 9.59 Å². The van der Waals surface area contributed by atoms with Gasteiger partial charge >= 0.3 is 0 Å². The van der Waals surface area contributed by atoms with Crippen molar-refractivity contribution in [2.75, 3.05) is 0 Å². The molecule has 2 heterocycles. The van der Waals surface area contributed by atoms with Gasteiger partial charge in [-0.3, -0.25) is 20.4 Å². The first kappa shape index (κ1) is 18.2. The van der Waals surface area contributed by atoms with Gasteiger partial charge in [-0.15, -0.1) is 0 Å². The van der Waals surface area contributed by atoms with E-state index in [9.17, 15) is 9.59 Å². The van der Waals surface area contributed by atoms with Crippen LogP contribution in [0.4, 0.5) is 0 Å². The number of amides is 2. The van der Waals surface area contributed by atoms with Crippen LogP contribution in [0.1, 0.15) is 29.3 Å². The fourth-order valence-electron chi connectivity index (χ4n) is 3.62. The highest BCUT2D eigenvalue weighted by Crippen LogP contribution is 2.23. The number of para-hydroxylation sites is 1. The molecule has 28 heavy (non-hydrogen) atoms. The number of aryl methyl sites for hydroxylation is 1. The van der Waals surface area contributed by atoms with E-state index in [2.05, 4.69) is 26.7 Å². The normalized spacial score (nSPS) is 18.9. The van der Waals surface area contributed by atoms with Gasteiger partial charge in [-0.25, -0.2) is 10.9 Å². The van der Waals surface area contributed by atoms with Crippen molar-refractivity contribution in [1.29, 1.82) is 0 Å². The summed E-state index contributed by atoms with van der Waals surface area (Å²) in [5.41, 5.74) is 15.2. The minimum atomic E-state index is -0.416. The number of hydrogen-bond donors (Lipinski definition) is 5. The zero-order valence-corrected chi connectivity index (χ0v) is 15.6. The van der Waals surface area contributed by atoms with E-state index in [0.29, 0.717) is 6.42 Å². The molecule has 7 nitrogen and oxygen atoms in total. The van der Waals surface area contributed by atoms with Gasteiger partial charge in [0.15, 0.2) is 0 Å². The molecular formula is C21H23N5O2. The Morgan fingerprint density at radius 2 is 1.75 bits per heavy atom. The van der Waals surface area contributed by atoms with E-state index in [1.807, 2.05) is 61.5 Å². The lowest BCUT2D eigenvalue weighted by atomic mass is 10.0. The van der Waals surface area contributed by atoms with Crippen molar-refractivity contribution >= 4 is 22.7 Å². The molecule has 3 aromatic rings. The van der Waals surface area contributed by atoms with Gasteiger partial charge < -0.3 is 4.98 Å². The van der Waals surface area contributed by atoms with E-state index < -0.39 is 6.04 Å². The number of fused-ring (bicyclic) bond motifs is 1. The van der Waals surface area contributed by atoms with Crippen LogP contribution in [0.2, 0.25) is 0 Å². The second kappa shape index (κ2) is 7.84. The van der Waals surface area contributed by atoms with Crippen molar-refractivity contribution in [2.45, 2.75) is 31.8 Å². The Kier molecular flexibility index (Phi) is 5.10. The Balaban J connectivity index is 1.31. The van der Waals surface area contributed by atoms with Gasteiger partial charge in [-0.1, -0.05) is 48.5 Å². The molecule has 0 aliphatic carbocycles. The van der Waals surface area contributed by atoms with E-state index in [1.54, 1.807) is 0 Å². The van der Waals surface area contributed by atoms with Crippen molar-refractivity contribution in [3.05, 3.63) is 71.4 Å². The molecule has 1 saturated heterocycles. The molecule has 0 spiro atoms. The van der Waals surface area contributed by atoms with E-state index in [0.717, 1.165) is 27.7 Å². The minimum absolute atomic E-state index is 0.0570. The van der Waals surface area contributed by atoms with Crippen LogP contribution < -0.4 is 21.7 Å². The highest BCUT2D eigenvalue weighted by molar-refractivity contribution is 5.91. The highest BCUT2D eigenvalue weighted by Gasteiger charge is 2.30. The van der Waals surface area contributed by atoms with Crippen LogP contribution in [0.3, 0.4) is 0 Å². The first-order valence-electron chi connectivity index (χ1n) is 9.32. The van der Waals surface area contributed by atoms with E-state index >= 15 is 0 Å². The van der Waals surface area contributed by atoms with Crippen molar-refractivity contribution in [1.82, 2.24) is 26.7 Å². The fourth-order valence-corrected chi connectivity index (χ4v) is 3.62. The summed E-state index contributed by atoms with van der Waals surface area (Å²) in [7, 11) is 0. The second-order valence-electron chi connectivity index (χ2n) is 7.03. The van der Waals surface area contributed by atoms with Crippen molar-refractivity contribution in [2.24, 2.45) is 0 Å². The molecule has 2 amide bonds. The maximum atomic E-state index is 12.4. The summed E-state index contributed by atoms with van der Waals surface area (Å²) in [5.74, 6) is -0.526. The zero-order valence-electron chi connectivity index (χ0n) is 15.6. The number of rotatable bonds is 4. The SMILES string of the molecule is Cc1[nH]c2ccccc2c1CC(=O)NNC(=O)C1CC(c2ccccc2)NN1. The predicted molar refractivity (Wildman–Crippen MR) is 107 cm³/mol. The fraction of sp³-hybridized carbons (Fsp3) is 0.238. The Hall–Kier alpha value is -3.16. The molecule has 7 heteroatoms. The van der Waals surface area contributed by atoms with Crippen molar-refractivity contribution in [3.8, 4) is 0 Å². The number of H-pyrrole nitrogens is 1. The summed E-state index contributed by atoms with van der Waals surface area (Å²) in [5, 5.41) is 1.02. The summed E-state index contributed by atoms with van der Waals surface area (Å²) in [6.07, 6.45) is 0.798. The topological polar surface area (TPSA) is 98.1 Å². The molecule has 0 bridgehead atoms. The summed E-state index contributed by atoms with van der Waals surface area (Å²) in [6.45, 7) is 1.94. The molecule has 1 aliphatic rings. The van der Waals surface area contributed by atoms with Gasteiger partial charge in [0.1, 0.15) is 6.04 Å². The number of benzene rings is 2. The number of hydrazine groups is 2. The van der Waals surface area contributed by atoms with Crippen LogP contribution in [-0.2, 0) is 16.0 Å². The number of carbonyl (C=O) groups excluding carboxylic acids is 2. The van der Waals surface area contributed by atoms with Gasteiger partial charge in [-0.05, 0) is 30.5 Å². The first-order chi connectivity index (χ1) is 13.6. The average molecular weight is 377 g/mol. The van der Waals surface area contributed by atoms with Gasteiger partial charge in [0.25, 0.3) is 5.91 Å². The lowest BCUT2D eigenvalue weighted by Crippen LogP contribution is -2.50. The van der Waals surface area contributed by atoms with Crippen LogP contribution in [-0.4, -0.2) is 22.8 Å². The third-order valence-electron chi connectivity index (χ3n) is 5.11. The standard InChI is InChI=1S/C21H23N5O2/c1-13-16(15-9-5-6-10-17(15)22-13)11-20(27)25-26-21(28)19-12-18(23-24-19)14-7-3-2-4-8-14/h2-10,18-19,22-24H,11-12H2,1H3,(H,25,27)(H,26,28). The molecule has 2 aromatic carbocycles. The van der Waals surface area contributed by atoms with E-state index in [4.69, 9.17) is 0 Å². The Bertz CT molecular complexity index is 998. The Morgan fingerprint density at radius 3 is 2.57 bits per heavy atom. The Labute approximate surface area is 162 Å². The largest absolute Gasteiger partial charge is 0.358 e. The monoisotopic (exact) mass is 377 g/mol. The van der Waals surface area contributed by atoms with Crippen LogP contribution in [0, 0.1) is 6.92 Å². The lowest BCUT2D eigenvalue weighted by Gasteiger charge is -2.12. The van der Waals surface area contributed by atoms with E-state index in [-0.39, 0.29) is 24.3 Å². The van der Waals surface area contributed by atoms with Crippen LogP contribution in [0.5, 0.6) is 0 Å². The maximum absolute atomic E-state index is 12.4. The van der Waals surface area contributed by atoms with Gasteiger partial charge in [0.05, 0.1) is 6.42 Å². The number of aromatic amines is 1. The van der Waals surface area contributed by atoms with Crippen LogP contribution in [0.25, 0.3) is 10.9 Å². The summed E-state index contributed by atoms with van der Waals surface area (Å²) in [6, 6.07) is 17.4. The zero-order chi connectivity index (χ0) is 19.5. The molecular weight excluding hydrogens is 354 g/mol. The van der Waals surface area contributed by atoms with Crippen LogP contribution >= 0.6 is 0 Å². The molecule has 0 radical (unpaired) electrons. The second-order valence-corrected chi connectivity index (χ2v) is 7.03. The number of aromatic nitrogens is 1. The maximum Gasteiger partial charge on any atom is 0.256 e. The molecule has 1 fully saturated rings. The first-order valence-corrected chi connectivity index (χ1v) is 9.32. The van der Waals surface area contributed by atoms with Crippen molar-refractivity contribution in [3.63, 3.8) is 0 Å². The van der Waals surface area contributed by atoms with Gasteiger partial charge in [-0.2, -0.15) is 0 Å². The minimum Gasteiger partial charge on any atom is -0.358 e. The molecule has 144 valence electrons. The van der Waals surface area contributed by atoms with Gasteiger partial charge in [0.2, 0.25) is 5.91 Å². The van der Waals surface area contributed by atoms with Crippen LogP contribution in [0.15, 0.2) is 54.6 Å². The smallest absolute Gasteiger partial charge is 0.256 e. The Morgan fingerprint density at radius 1 is 1.00 bits per heavy atom. The molecule has 2 atom stereocenters. The molecule has 4 rings (SSSR count). The predicted octanol–water partition coefficient (Wildman–Crippen LogP) is 1.77. The number of carbonyl (C=O) groups is 2.